The second-order valence-electron chi connectivity index (χ2n) is 2.52. The number of rotatable bonds is 0. The molecule has 0 aliphatic carbocycles. The topological polar surface area (TPSA) is 3.24 Å². The summed E-state index contributed by atoms with van der Waals surface area (Å²) in [5.41, 5.74) is 0. The molecule has 0 spiro atoms. The number of fused-ring (bicyclic) bond motifs is 2. The lowest BCUT2D eigenvalue weighted by molar-refractivity contribution is 0.272. The molecule has 1 fully saturated rings. The van der Waals surface area contributed by atoms with Gasteiger partial charge in [-0.25, -0.2) is 0 Å². The van der Waals surface area contributed by atoms with E-state index in [0.717, 1.165) is 5.92 Å². The molecule has 1 nitrogen and oxygen atoms in total. The van der Waals surface area contributed by atoms with Gasteiger partial charge in [-0.3, -0.25) is 0 Å². The summed E-state index contributed by atoms with van der Waals surface area (Å²) in [6.07, 6.45) is 2.62. The van der Waals surface area contributed by atoms with Crippen molar-refractivity contribution in [2.45, 2.75) is 12.8 Å². The van der Waals surface area contributed by atoms with E-state index in [1.54, 1.807) is 0 Å². The molecule has 0 aromatic heterocycles. The summed E-state index contributed by atoms with van der Waals surface area (Å²) in [5, 5.41) is 0. The van der Waals surface area contributed by atoms with Crippen LogP contribution in [-0.4, -0.2) is 18.0 Å². The first kappa shape index (κ1) is 4.26. The second kappa shape index (κ2) is 1.42. The fourth-order valence-electron chi connectivity index (χ4n) is 1.32. The zero-order chi connectivity index (χ0) is 5.40. The van der Waals surface area contributed by atoms with Crippen LogP contribution in [0.1, 0.15) is 12.8 Å². The van der Waals surface area contributed by atoms with Crippen molar-refractivity contribution in [2.24, 2.45) is 5.92 Å². The molecule has 8 heavy (non-hydrogen) atoms. The Morgan fingerprint density at radius 2 is 2.00 bits per heavy atom. The normalized spacial score (nSPS) is 25.2. The van der Waals surface area contributed by atoms with Crippen molar-refractivity contribution in [2.75, 3.05) is 13.1 Å². The number of hydrogen-bond acceptors (Lipinski definition) is 1. The molecule has 0 amide bonds. The van der Waals surface area contributed by atoms with E-state index >= 15 is 0 Å². The van der Waals surface area contributed by atoms with Crippen molar-refractivity contribution in [3.05, 3.63) is 0 Å². The van der Waals surface area contributed by atoms with E-state index in [-0.39, 0.29) is 0 Å². The van der Waals surface area contributed by atoms with Gasteiger partial charge in [0.15, 0.2) is 0 Å². The summed E-state index contributed by atoms with van der Waals surface area (Å²) in [6.45, 7) is 2.44. The van der Waals surface area contributed by atoms with Crippen LogP contribution in [0.25, 0.3) is 0 Å². The molecule has 0 aromatic carbocycles. The van der Waals surface area contributed by atoms with Crippen LogP contribution in [-0.2, 0) is 0 Å². The molecule has 0 aromatic rings. The van der Waals surface area contributed by atoms with Gasteiger partial charge >= 0.3 is 0 Å². The molecule has 2 bridgehead atoms. The summed E-state index contributed by atoms with van der Waals surface area (Å²) in [6, 6.07) is 3.10. The van der Waals surface area contributed by atoms with Crippen molar-refractivity contribution < 1.29 is 0 Å². The van der Waals surface area contributed by atoms with E-state index in [9.17, 15) is 0 Å². The van der Waals surface area contributed by atoms with Gasteiger partial charge < -0.3 is 4.90 Å². The quantitative estimate of drug-likeness (QED) is 0.411. The van der Waals surface area contributed by atoms with E-state index in [0.29, 0.717) is 0 Å². The molecular weight excluding hydrogens is 98.1 g/mol. The fraction of sp³-hybridized carbons (Fsp3) is 0.714. The molecule has 0 radical (unpaired) electrons. The highest BCUT2D eigenvalue weighted by molar-refractivity contribution is 5.11. The van der Waals surface area contributed by atoms with Gasteiger partial charge in [-0.05, 0) is 12.8 Å². The predicted molar refractivity (Wildman–Crippen MR) is 32.1 cm³/mol. The molecule has 3 aliphatic heterocycles. The fourth-order valence-corrected chi connectivity index (χ4v) is 1.32. The first-order valence-electron chi connectivity index (χ1n) is 3.21. The lowest BCUT2D eigenvalue weighted by atomic mass is 9.95. The van der Waals surface area contributed by atoms with Gasteiger partial charge in [0.05, 0.1) is 0 Å². The van der Waals surface area contributed by atoms with Gasteiger partial charge in [0.25, 0.3) is 0 Å². The van der Waals surface area contributed by atoms with Crippen LogP contribution < -0.4 is 0 Å². The van der Waals surface area contributed by atoms with Crippen LogP contribution >= 0.6 is 0 Å². The maximum absolute atomic E-state index is 3.19. The van der Waals surface area contributed by atoms with Crippen LogP contribution in [0.4, 0.5) is 0 Å². The zero-order valence-corrected chi connectivity index (χ0v) is 4.85. The summed E-state index contributed by atoms with van der Waals surface area (Å²) in [4.78, 5) is 2.22. The minimum Gasteiger partial charge on any atom is -0.333 e. The van der Waals surface area contributed by atoms with E-state index < -0.39 is 0 Å². The molecule has 0 unspecified atom stereocenters. The second-order valence-corrected chi connectivity index (χ2v) is 2.52. The number of piperidine rings is 1. The first-order chi connectivity index (χ1) is 3.95. The molecule has 0 N–H and O–H groups in total. The lowest BCUT2D eigenvalue weighted by Crippen LogP contribution is -2.33. The third-order valence-electron chi connectivity index (χ3n) is 1.92. The monoisotopic (exact) mass is 107 g/mol. The Labute approximate surface area is 49.7 Å². The van der Waals surface area contributed by atoms with Crippen LogP contribution in [0, 0.1) is 17.9 Å². The average Bonchev–Trinajstić information content (AvgIpc) is 1.92. The molecule has 3 aliphatic rings. The Kier molecular flexibility index (Phi) is 0.754. The molecule has 3 heterocycles. The summed E-state index contributed by atoms with van der Waals surface area (Å²) in [7, 11) is 0. The van der Waals surface area contributed by atoms with Gasteiger partial charge in [-0.2, -0.15) is 0 Å². The van der Waals surface area contributed by atoms with Crippen molar-refractivity contribution in [1.82, 2.24) is 4.90 Å². The van der Waals surface area contributed by atoms with Crippen LogP contribution in [0.15, 0.2) is 0 Å². The summed E-state index contributed by atoms with van der Waals surface area (Å²) in [5.74, 6) is 3.94. The van der Waals surface area contributed by atoms with Crippen LogP contribution in [0.3, 0.4) is 0 Å². The highest BCUT2D eigenvalue weighted by Gasteiger charge is 2.18. The molecular formula is C7H9N. The number of hydrogen-bond donors (Lipinski definition) is 0. The van der Waals surface area contributed by atoms with Gasteiger partial charge in [-0.15, -0.1) is 0 Å². The minimum absolute atomic E-state index is 0.750. The highest BCUT2D eigenvalue weighted by atomic mass is 15.1. The highest BCUT2D eigenvalue weighted by Crippen LogP contribution is 2.18. The summed E-state index contributed by atoms with van der Waals surface area (Å²) >= 11 is 0. The Hall–Kier alpha value is -0.640. The van der Waals surface area contributed by atoms with Gasteiger partial charge in [0.1, 0.15) is 0 Å². The Bertz CT molecular complexity index is 128. The van der Waals surface area contributed by atoms with Crippen molar-refractivity contribution >= 4 is 0 Å². The molecule has 1 heteroatoms. The van der Waals surface area contributed by atoms with Crippen LogP contribution in [0.5, 0.6) is 0 Å². The zero-order valence-electron chi connectivity index (χ0n) is 4.85. The van der Waals surface area contributed by atoms with E-state index in [1.807, 2.05) is 0 Å². The van der Waals surface area contributed by atoms with E-state index in [4.69, 9.17) is 0 Å². The molecule has 1 saturated heterocycles. The summed E-state index contributed by atoms with van der Waals surface area (Å²) < 4.78 is 0. The maximum Gasteiger partial charge on any atom is 0.0272 e. The van der Waals surface area contributed by atoms with Crippen molar-refractivity contribution in [1.29, 1.82) is 0 Å². The predicted octanol–water partition coefficient (Wildman–Crippen LogP) is 0.673. The Morgan fingerprint density at radius 1 is 1.25 bits per heavy atom. The number of nitrogens with zero attached hydrogens (tertiary/aromatic N) is 1. The third-order valence-corrected chi connectivity index (χ3v) is 1.92. The van der Waals surface area contributed by atoms with Crippen molar-refractivity contribution in [3.8, 4) is 12.0 Å². The smallest absolute Gasteiger partial charge is 0.0272 e. The lowest BCUT2D eigenvalue weighted by Gasteiger charge is -2.30. The standard InChI is InChI=1S/C7H9N/c1-4-8-5-2-7(1)3-6-8/h7H,1-2,4-5H2. The van der Waals surface area contributed by atoms with Gasteiger partial charge in [0, 0.05) is 25.1 Å². The largest absolute Gasteiger partial charge is 0.333 e. The minimum atomic E-state index is 0.750. The van der Waals surface area contributed by atoms with E-state index in [1.165, 1.54) is 25.9 Å². The SMILES string of the molecule is C1#CN2CCC1CC2. The molecule has 42 valence electrons. The van der Waals surface area contributed by atoms with Crippen LogP contribution in [0.2, 0.25) is 0 Å². The molecule has 0 atom stereocenters. The Balaban J connectivity index is 2.27. The van der Waals surface area contributed by atoms with Gasteiger partial charge in [0.2, 0.25) is 0 Å². The first-order valence-corrected chi connectivity index (χ1v) is 3.21. The molecule has 3 rings (SSSR count). The van der Waals surface area contributed by atoms with E-state index in [2.05, 4.69) is 16.9 Å². The third kappa shape index (κ3) is 0.494. The maximum atomic E-state index is 3.19. The average molecular weight is 107 g/mol. The molecule has 0 saturated carbocycles. The van der Waals surface area contributed by atoms with Gasteiger partial charge in [-0.1, -0.05) is 5.92 Å². The van der Waals surface area contributed by atoms with Crippen molar-refractivity contribution in [3.63, 3.8) is 0 Å². The Morgan fingerprint density at radius 3 is 2.12 bits per heavy atom.